The van der Waals surface area contributed by atoms with Crippen LogP contribution in [0.4, 0.5) is 0 Å². The molecule has 0 aromatic heterocycles. The molecule has 2 unspecified atom stereocenters. The number of aliphatic carboxylic acids is 1. The number of carboxylic acid groups (broad SMARTS) is 1. The number of hydrogen-bond donors (Lipinski definition) is 1. The fraction of sp³-hybridized carbons (Fsp3) is 0.500. The maximum atomic E-state index is 11.4. The van der Waals surface area contributed by atoms with Crippen LogP contribution in [0.3, 0.4) is 0 Å². The first kappa shape index (κ1) is 13.6. The molecule has 1 aliphatic heterocycles. The Bertz CT molecular complexity index is 413. The van der Waals surface area contributed by atoms with Gasteiger partial charge in [0.25, 0.3) is 0 Å². The molecule has 1 fully saturated rings. The van der Waals surface area contributed by atoms with Gasteiger partial charge in [-0.3, -0.25) is 4.79 Å². The van der Waals surface area contributed by atoms with E-state index >= 15 is 0 Å². The van der Waals surface area contributed by atoms with E-state index in [-0.39, 0.29) is 11.8 Å². The Balaban J connectivity index is 2.11. The van der Waals surface area contributed by atoms with Gasteiger partial charge in [0, 0.05) is 11.1 Å². The van der Waals surface area contributed by atoms with Crippen LogP contribution in [-0.2, 0) is 16.0 Å². The first-order chi connectivity index (χ1) is 8.68. The summed E-state index contributed by atoms with van der Waals surface area (Å²) in [6.07, 6.45) is 2.47. The molecule has 3 nitrogen and oxygen atoms in total. The Morgan fingerprint density at radius 1 is 1.50 bits per heavy atom. The van der Waals surface area contributed by atoms with E-state index in [1.165, 1.54) is 0 Å². The van der Waals surface area contributed by atoms with Gasteiger partial charge in [0.05, 0.1) is 12.5 Å². The van der Waals surface area contributed by atoms with Crippen molar-refractivity contribution in [2.75, 3.05) is 13.2 Å². The third-order valence-electron chi connectivity index (χ3n) is 3.48. The Kier molecular flexibility index (Phi) is 4.78. The Morgan fingerprint density at radius 3 is 2.89 bits per heavy atom. The van der Waals surface area contributed by atoms with Crippen molar-refractivity contribution in [2.45, 2.75) is 19.3 Å². The molecule has 0 saturated carbocycles. The van der Waals surface area contributed by atoms with Crippen LogP contribution < -0.4 is 0 Å². The first-order valence-corrected chi connectivity index (χ1v) is 7.01. The molecule has 2 atom stereocenters. The molecule has 1 aromatic rings. The van der Waals surface area contributed by atoms with Crippen molar-refractivity contribution >= 4 is 21.9 Å². The summed E-state index contributed by atoms with van der Waals surface area (Å²) in [6.45, 7) is 1.33. The molecule has 18 heavy (non-hydrogen) atoms. The fourth-order valence-corrected chi connectivity index (χ4v) is 2.89. The summed E-state index contributed by atoms with van der Waals surface area (Å²) in [6, 6.07) is 7.80. The Morgan fingerprint density at radius 2 is 2.28 bits per heavy atom. The van der Waals surface area contributed by atoms with Gasteiger partial charge in [0.2, 0.25) is 0 Å². The van der Waals surface area contributed by atoms with Crippen molar-refractivity contribution in [1.82, 2.24) is 0 Å². The van der Waals surface area contributed by atoms with Crippen LogP contribution in [-0.4, -0.2) is 24.3 Å². The second-order valence-electron chi connectivity index (χ2n) is 4.72. The average Bonchev–Trinajstić information content (AvgIpc) is 2.38. The van der Waals surface area contributed by atoms with Crippen LogP contribution in [0.1, 0.15) is 18.4 Å². The second-order valence-corrected chi connectivity index (χ2v) is 5.57. The van der Waals surface area contributed by atoms with E-state index in [2.05, 4.69) is 15.9 Å². The number of halogens is 1. The summed E-state index contributed by atoms with van der Waals surface area (Å²) in [5.41, 5.74) is 1.05. The Labute approximate surface area is 115 Å². The predicted molar refractivity (Wildman–Crippen MR) is 72.5 cm³/mol. The number of ether oxygens (including phenoxy) is 1. The summed E-state index contributed by atoms with van der Waals surface area (Å²) in [4.78, 5) is 11.4. The first-order valence-electron chi connectivity index (χ1n) is 6.22. The van der Waals surface area contributed by atoms with Gasteiger partial charge in [-0.05, 0) is 36.8 Å². The molecule has 0 radical (unpaired) electrons. The highest BCUT2D eigenvalue weighted by Gasteiger charge is 2.30. The zero-order valence-corrected chi connectivity index (χ0v) is 11.7. The average molecular weight is 313 g/mol. The molecule has 1 aromatic carbocycles. The summed E-state index contributed by atoms with van der Waals surface area (Å²) in [5, 5.41) is 9.41. The Hall–Kier alpha value is -0.870. The normalized spacial score (nSPS) is 21.5. The van der Waals surface area contributed by atoms with Gasteiger partial charge in [-0.1, -0.05) is 34.1 Å². The maximum Gasteiger partial charge on any atom is 0.307 e. The lowest BCUT2D eigenvalue weighted by Crippen LogP contribution is -2.32. The van der Waals surface area contributed by atoms with Crippen molar-refractivity contribution in [2.24, 2.45) is 11.8 Å². The van der Waals surface area contributed by atoms with Gasteiger partial charge >= 0.3 is 5.97 Å². The molecule has 4 heteroatoms. The van der Waals surface area contributed by atoms with Crippen molar-refractivity contribution in [3.8, 4) is 0 Å². The lowest BCUT2D eigenvalue weighted by Gasteiger charge is -2.27. The molecule has 1 saturated heterocycles. The molecule has 2 rings (SSSR count). The van der Waals surface area contributed by atoms with Gasteiger partial charge in [-0.25, -0.2) is 0 Å². The van der Waals surface area contributed by atoms with Crippen molar-refractivity contribution in [1.29, 1.82) is 0 Å². The summed E-state index contributed by atoms with van der Waals surface area (Å²) < 4.78 is 6.39. The van der Waals surface area contributed by atoms with Crippen LogP contribution >= 0.6 is 15.9 Å². The van der Waals surface area contributed by atoms with Gasteiger partial charge in [0.15, 0.2) is 0 Å². The van der Waals surface area contributed by atoms with Crippen molar-refractivity contribution in [3.05, 3.63) is 34.3 Å². The number of rotatable bonds is 4. The molecular weight excluding hydrogens is 296 g/mol. The topological polar surface area (TPSA) is 46.5 Å². The molecule has 98 valence electrons. The summed E-state index contributed by atoms with van der Waals surface area (Å²) in [5.74, 6) is -0.950. The third-order valence-corrected chi connectivity index (χ3v) is 4.25. The molecular formula is C14H17BrO3. The summed E-state index contributed by atoms with van der Waals surface area (Å²) in [7, 11) is 0. The highest BCUT2D eigenvalue weighted by molar-refractivity contribution is 9.10. The van der Waals surface area contributed by atoms with Crippen molar-refractivity contribution < 1.29 is 14.6 Å². The van der Waals surface area contributed by atoms with Crippen LogP contribution in [0.15, 0.2) is 28.7 Å². The smallest absolute Gasteiger partial charge is 0.307 e. The maximum absolute atomic E-state index is 11.4. The standard InChI is InChI=1S/C14H17BrO3/c15-13-6-2-1-4-10(13)8-12(14(16)17)11-5-3-7-18-9-11/h1-2,4,6,11-12H,3,5,7-9H2,(H,16,17). The zero-order chi connectivity index (χ0) is 13.0. The van der Waals surface area contributed by atoms with E-state index in [0.29, 0.717) is 13.0 Å². The molecule has 1 aliphatic rings. The molecule has 0 aliphatic carbocycles. The molecule has 1 N–H and O–H groups in total. The third kappa shape index (κ3) is 3.33. The number of carboxylic acids is 1. The van der Waals surface area contributed by atoms with Crippen molar-refractivity contribution in [3.63, 3.8) is 0 Å². The van der Waals surface area contributed by atoms with Gasteiger partial charge < -0.3 is 9.84 Å². The largest absolute Gasteiger partial charge is 0.481 e. The van der Waals surface area contributed by atoms with Gasteiger partial charge in [0.1, 0.15) is 0 Å². The minimum absolute atomic E-state index is 0.128. The van der Waals surface area contributed by atoms with Crippen LogP contribution in [0.2, 0.25) is 0 Å². The van der Waals surface area contributed by atoms with E-state index in [4.69, 9.17) is 4.74 Å². The lowest BCUT2D eigenvalue weighted by molar-refractivity contribution is -0.145. The van der Waals surface area contributed by atoms with Crippen LogP contribution in [0, 0.1) is 11.8 Å². The second kappa shape index (κ2) is 6.34. The lowest BCUT2D eigenvalue weighted by atomic mass is 9.83. The summed E-state index contributed by atoms with van der Waals surface area (Å²) >= 11 is 3.47. The molecule has 0 bridgehead atoms. The quantitative estimate of drug-likeness (QED) is 0.929. The van der Waals surface area contributed by atoms with E-state index in [9.17, 15) is 9.90 Å². The van der Waals surface area contributed by atoms with E-state index in [1.807, 2.05) is 24.3 Å². The number of benzene rings is 1. The minimum Gasteiger partial charge on any atom is -0.481 e. The predicted octanol–water partition coefficient (Wildman–Crippen LogP) is 3.12. The van der Waals surface area contributed by atoms with Gasteiger partial charge in [-0.2, -0.15) is 0 Å². The highest BCUT2D eigenvalue weighted by Crippen LogP contribution is 2.28. The van der Waals surface area contributed by atoms with E-state index in [1.54, 1.807) is 0 Å². The van der Waals surface area contributed by atoms with E-state index < -0.39 is 5.97 Å². The monoisotopic (exact) mass is 312 g/mol. The molecule has 1 heterocycles. The number of hydrogen-bond acceptors (Lipinski definition) is 2. The number of carbonyl (C=O) groups is 1. The van der Waals surface area contributed by atoms with Gasteiger partial charge in [-0.15, -0.1) is 0 Å². The fourth-order valence-electron chi connectivity index (χ4n) is 2.44. The van der Waals surface area contributed by atoms with E-state index in [0.717, 1.165) is 29.5 Å². The molecule has 0 spiro atoms. The SMILES string of the molecule is O=C(O)C(Cc1ccccc1Br)C1CCCOC1. The minimum atomic E-state index is -0.721. The zero-order valence-electron chi connectivity index (χ0n) is 10.1. The van der Waals surface area contributed by atoms with Crippen LogP contribution in [0.25, 0.3) is 0 Å². The van der Waals surface area contributed by atoms with Crippen LogP contribution in [0.5, 0.6) is 0 Å². The highest BCUT2D eigenvalue weighted by atomic mass is 79.9. The molecule has 0 amide bonds.